The van der Waals surface area contributed by atoms with E-state index in [1.807, 2.05) is 30.5 Å². The lowest BCUT2D eigenvalue weighted by Crippen LogP contribution is -2.38. The van der Waals surface area contributed by atoms with Gasteiger partial charge in [0.1, 0.15) is 0 Å². The number of sulfonamides is 1. The van der Waals surface area contributed by atoms with Gasteiger partial charge in [0.05, 0.1) is 16.8 Å². The molecule has 0 unspecified atom stereocenters. The Bertz CT molecular complexity index is 1320. The SMILES string of the molecule is CCS(=O)(=O)N1CCC(c2c[nH]c3c(C(N)=O)cc(-c4ccc(CNC(C)=O)cc4)cc23)CC1. The van der Waals surface area contributed by atoms with E-state index in [1.54, 1.807) is 17.3 Å². The number of nitrogens with one attached hydrogen (secondary N) is 2. The molecule has 4 rings (SSSR count). The Labute approximate surface area is 199 Å². The third-order valence-electron chi connectivity index (χ3n) is 6.57. The lowest BCUT2D eigenvalue weighted by atomic mass is 9.88. The molecule has 34 heavy (non-hydrogen) atoms. The summed E-state index contributed by atoms with van der Waals surface area (Å²) in [5.41, 5.74) is 10.7. The number of rotatable bonds is 7. The summed E-state index contributed by atoms with van der Waals surface area (Å²) in [6, 6.07) is 11.7. The van der Waals surface area contributed by atoms with Crippen molar-refractivity contribution >= 4 is 32.7 Å². The Morgan fingerprint density at radius 2 is 1.79 bits per heavy atom. The highest BCUT2D eigenvalue weighted by Gasteiger charge is 2.29. The van der Waals surface area contributed by atoms with Crippen LogP contribution < -0.4 is 11.1 Å². The summed E-state index contributed by atoms with van der Waals surface area (Å²) < 4.78 is 26.0. The van der Waals surface area contributed by atoms with Gasteiger partial charge in [-0.05, 0) is 60.1 Å². The number of primary amides is 1. The molecule has 0 saturated carbocycles. The molecular formula is C25H30N4O4S. The number of nitrogens with zero attached hydrogens (tertiary/aromatic N) is 1. The minimum atomic E-state index is -3.19. The van der Waals surface area contributed by atoms with Crippen molar-refractivity contribution in [3.63, 3.8) is 0 Å². The predicted molar refractivity (Wildman–Crippen MR) is 133 cm³/mol. The van der Waals surface area contributed by atoms with Crippen LogP contribution in [0.25, 0.3) is 22.0 Å². The van der Waals surface area contributed by atoms with E-state index < -0.39 is 15.9 Å². The highest BCUT2D eigenvalue weighted by atomic mass is 32.2. The van der Waals surface area contributed by atoms with E-state index in [0.717, 1.165) is 40.5 Å². The number of amides is 2. The summed E-state index contributed by atoms with van der Waals surface area (Å²) >= 11 is 0. The maximum absolute atomic E-state index is 12.3. The van der Waals surface area contributed by atoms with E-state index in [0.29, 0.717) is 30.7 Å². The van der Waals surface area contributed by atoms with Crippen LogP contribution in [0.2, 0.25) is 0 Å². The molecule has 9 heteroatoms. The highest BCUT2D eigenvalue weighted by molar-refractivity contribution is 7.89. The summed E-state index contributed by atoms with van der Waals surface area (Å²) in [5, 5.41) is 3.72. The first-order valence-electron chi connectivity index (χ1n) is 11.5. The number of benzene rings is 2. The van der Waals surface area contributed by atoms with Crippen LogP contribution in [-0.4, -0.2) is 48.4 Å². The quantitative estimate of drug-likeness (QED) is 0.478. The molecule has 2 heterocycles. The molecule has 1 fully saturated rings. The van der Waals surface area contributed by atoms with Crippen LogP contribution in [0.15, 0.2) is 42.6 Å². The van der Waals surface area contributed by atoms with Crippen molar-refractivity contribution in [1.29, 1.82) is 0 Å². The van der Waals surface area contributed by atoms with Crippen LogP contribution in [0.3, 0.4) is 0 Å². The van der Waals surface area contributed by atoms with Gasteiger partial charge in [0.15, 0.2) is 0 Å². The number of aromatic nitrogens is 1. The number of hydrogen-bond donors (Lipinski definition) is 3. The third-order valence-corrected chi connectivity index (χ3v) is 8.45. The summed E-state index contributed by atoms with van der Waals surface area (Å²) in [7, 11) is -3.19. The molecule has 4 N–H and O–H groups in total. The number of carbonyl (C=O) groups is 2. The van der Waals surface area contributed by atoms with Gasteiger partial charge in [-0.3, -0.25) is 9.59 Å². The van der Waals surface area contributed by atoms with Crippen LogP contribution in [0.4, 0.5) is 0 Å². The Kier molecular flexibility index (Phi) is 6.77. The number of aromatic amines is 1. The molecule has 1 aliphatic heterocycles. The van der Waals surface area contributed by atoms with Crippen molar-refractivity contribution in [2.45, 2.75) is 39.2 Å². The van der Waals surface area contributed by atoms with Gasteiger partial charge < -0.3 is 16.0 Å². The smallest absolute Gasteiger partial charge is 0.250 e. The van der Waals surface area contributed by atoms with Crippen molar-refractivity contribution in [3.05, 3.63) is 59.3 Å². The number of carbonyl (C=O) groups excluding carboxylic acids is 2. The fourth-order valence-corrected chi connectivity index (χ4v) is 5.75. The molecule has 2 amide bonds. The molecule has 0 radical (unpaired) electrons. The molecule has 0 atom stereocenters. The molecule has 1 saturated heterocycles. The second-order valence-corrected chi connectivity index (χ2v) is 11.0. The van der Waals surface area contributed by atoms with Gasteiger partial charge in [-0.2, -0.15) is 0 Å². The third kappa shape index (κ3) is 4.85. The number of fused-ring (bicyclic) bond motifs is 1. The van der Waals surface area contributed by atoms with E-state index in [9.17, 15) is 18.0 Å². The predicted octanol–water partition coefficient (Wildman–Crippen LogP) is 3.10. The average Bonchev–Trinajstić information content (AvgIpc) is 3.26. The van der Waals surface area contributed by atoms with Gasteiger partial charge >= 0.3 is 0 Å². The normalized spacial score (nSPS) is 15.5. The Balaban J connectivity index is 1.66. The molecule has 180 valence electrons. The van der Waals surface area contributed by atoms with Crippen molar-refractivity contribution in [3.8, 4) is 11.1 Å². The molecule has 1 aliphatic rings. The van der Waals surface area contributed by atoms with Crippen LogP contribution in [0.1, 0.15) is 54.1 Å². The molecule has 2 aromatic carbocycles. The zero-order valence-corrected chi connectivity index (χ0v) is 20.2. The lowest BCUT2D eigenvalue weighted by molar-refractivity contribution is -0.119. The molecule has 3 aromatic rings. The molecule has 0 spiro atoms. The van der Waals surface area contributed by atoms with Crippen molar-refractivity contribution < 1.29 is 18.0 Å². The van der Waals surface area contributed by atoms with Gasteiger partial charge in [-0.15, -0.1) is 0 Å². The number of hydrogen-bond acceptors (Lipinski definition) is 4. The summed E-state index contributed by atoms with van der Waals surface area (Å²) in [4.78, 5) is 26.7. The van der Waals surface area contributed by atoms with Gasteiger partial charge in [-0.1, -0.05) is 24.3 Å². The van der Waals surface area contributed by atoms with E-state index in [2.05, 4.69) is 16.4 Å². The minimum absolute atomic E-state index is 0.0845. The highest BCUT2D eigenvalue weighted by Crippen LogP contribution is 2.37. The molecular weight excluding hydrogens is 452 g/mol. The lowest BCUT2D eigenvalue weighted by Gasteiger charge is -2.31. The van der Waals surface area contributed by atoms with Gasteiger partial charge in [0.2, 0.25) is 15.9 Å². The zero-order chi connectivity index (χ0) is 24.5. The fourth-order valence-electron chi connectivity index (χ4n) is 4.62. The monoisotopic (exact) mass is 482 g/mol. The molecule has 8 nitrogen and oxygen atoms in total. The number of H-pyrrole nitrogens is 1. The Hall–Kier alpha value is -3.17. The van der Waals surface area contributed by atoms with Crippen LogP contribution in [-0.2, 0) is 21.4 Å². The minimum Gasteiger partial charge on any atom is -0.366 e. The standard InChI is InChI=1S/C25H30N4O4S/c1-3-34(32,33)29-10-8-19(9-11-29)23-15-28-24-21(23)12-20(13-22(24)25(26)31)18-6-4-17(5-7-18)14-27-16(2)30/h4-7,12-13,15,19,28H,3,8-11,14H2,1-2H3,(H2,26,31)(H,27,30). The van der Waals surface area contributed by atoms with Gasteiger partial charge in [0, 0.05) is 38.1 Å². The van der Waals surface area contributed by atoms with E-state index in [-0.39, 0.29) is 17.6 Å². The van der Waals surface area contributed by atoms with Crippen molar-refractivity contribution in [1.82, 2.24) is 14.6 Å². The second-order valence-electron chi connectivity index (χ2n) is 8.74. The van der Waals surface area contributed by atoms with Crippen LogP contribution in [0.5, 0.6) is 0 Å². The van der Waals surface area contributed by atoms with Gasteiger partial charge in [0.25, 0.3) is 5.91 Å². The fraction of sp³-hybridized carbons (Fsp3) is 0.360. The first kappa shape index (κ1) is 24.0. The van der Waals surface area contributed by atoms with Gasteiger partial charge in [-0.25, -0.2) is 12.7 Å². The first-order valence-corrected chi connectivity index (χ1v) is 13.1. The first-order chi connectivity index (χ1) is 16.2. The molecule has 0 bridgehead atoms. The van der Waals surface area contributed by atoms with E-state index >= 15 is 0 Å². The maximum Gasteiger partial charge on any atom is 0.250 e. The number of piperidine rings is 1. The van der Waals surface area contributed by atoms with Crippen LogP contribution >= 0.6 is 0 Å². The average molecular weight is 483 g/mol. The molecule has 1 aromatic heterocycles. The summed E-state index contributed by atoms with van der Waals surface area (Å²) in [6.07, 6.45) is 3.37. The summed E-state index contributed by atoms with van der Waals surface area (Å²) in [6.45, 7) is 4.59. The Morgan fingerprint density at radius 1 is 1.12 bits per heavy atom. The largest absolute Gasteiger partial charge is 0.366 e. The van der Waals surface area contributed by atoms with Crippen molar-refractivity contribution in [2.24, 2.45) is 5.73 Å². The van der Waals surface area contributed by atoms with E-state index in [1.165, 1.54) is 6.92 Å². The van der Waals surface area contributed by atoms with Crippen molar-refractivity contribution in [2.75, 3.05) is 18.8 Å². The van der Waals surface area contributed by atoms with E-state index in [4.69, 9.17) is 5.73 Å². The number of nitrogens with two attached hydrogens (primary N) is 1. The second kappa shape index (κ2) is 9.60. The Morgan fingerprint density at radius 3 is 2.38 bits per heavy atom. The summed E-state index contributed by atoms with van der Waals surface area (Å²) in [5.74, 6) is -0.294. The van der Waals surface area contributed by atoms with Crippen LogP contribution in [0, 0.1) is 0 Å². The molecule has 0 aliphatic carbocycles. The maximum atomic E-state index is 12.3. The topological polar surface area (TPSA) is 125 Å². The zero-order valence-electron chi connectivity index (χ0n) is 19.4.